The first-order chi connectivity index (χ1) is 14.8. The van der Waals surface area contributed by atoms with E-state index in [1.54, 1.807) is 0 Å². The Morgan fingerprint density at radius 1 is 1.12 bits per heavy atom. The molecule has 2 rings (SSSR count). The highest BCUT2D eigenvalue weighted by Crippen LogP contribution is 2.33. The van der Waals surface area contributed by atoms with Gasteiger partial charge >= 0.3 is 22.4 Å². The van der Waals surface area contributed by atoms with Crippen molar-refractivity contribution >= 4 is 34.1 Å². The summed E-state index contributed by atoms with van der Waals surface area (Å²) in [6, 6.07) is 0.250. The lowest BCUT2D eigenvalue weighted by atomic mass is 10.2. The van der Waals surface area contributed by atoms with E-state index >= 15 is 0 Å². The second-order valence-electron chi connectivity index (χ2n) is 5.47. The first kappa shape index (κ1) is 24.5. The predicted molar refractivity (Wildman–Crippen MR) is 96.8 cm³/mol. The minimum absolute atomic E-state index is 0.0281. The second kappa shape index (κ2) is 9.18. The number of alkyl halides is 3. The van der Waals surface area contributed by atoms with Crippen LogP contribution in [-0.4, -0.2) is 61.2 Å². The molecule has 0 unspecified atom stereocenters. The zero-order valence-electron chi connectivity index (χ0n) is 16.3. The molecule has 1 N–H and O–H groups in total. The van der Waals surface area contributed by atoms with Gasteiger partial charge in [0, 0.05) is 0 Å². The largest absolute Gasteiger partial charge is 0.845 e. The highest BCUT2D eigenvalue weighted by Gasteiger charge is 2.35. The summed E-state index contributed by atoms with van der Waals surface area (Å²) in [6.45, 7) is 0. The number of ether oxygens (including phenoxy) is 3. The van der Waals surface area contributed by atoms with Crippen molar-refractivity contribution in [3.05, 3.63) is 29.5 Å². The number of hydrogen-bond donors (Lipinski definition) is 1. The number of halogens is 3. The Bertz CT molecular complexity index is 1130. The average molecular weight is 480 g/mol. The molecule has 0 aliphatic rings. The fraction of sp³-hybridized carbons (Fsp3) is 0.267. The van der Waals surface area contributed by atoms with Gasteiger partial charge in [-0.2, -0.15) is 31.6 Å². The molecule has 2 heterocycles. The molecule has 0 radical (unpaired) electrons. The highest BCUT2D eigenvalue weighted by atomic mass is 32.2. The third-order valence-corrected chi connectivity index (χ3v) is 3.84. The lowest BCUT2D eigenvalue weighted by Crippen LogP contribution is -2.40. The third kappa shape index (κ3) is 5.70. The van der Waals surface area contributed by atoms with Crippen molar-refractivity contribution in [2.24, 2.45) is 4.40 Å². The second-order valence-corrected chi connectivity index (χ2v) is 6.55. The monoisotopic (exact) mass is 480 g/mol. The maximum absolute atomic E-state index is 13.2. The van der Waals surface area contributed by atoms with Crippen LogP contribution in [0.25, 0.3) is 0 Å². The van der Waals surface area contributed by atoms with Crippen LogP contribution < -0.4 is 19.5 Å². The molecule has 2 aromatic rings. The van der Waals surface area contributed by atoms with Crippen LogP contribution >= 0.6 is 0 Å². The molecule has 0 aliphatic carbocycles. The predicted octanol–water partition coefficient (Wildman–Crippen LogP) is 0.351. The number of amidine groups is 1. The number of aromatic nitrogens is 3. The maximum atomic E-state index is 13.2. The van der Waals surface area contributed by atoms with Crippen molar-refractivity contribution in [2.45, 2.75) is 6.18 Å². The summed E-state index contributed by atoms with van der Waals surface area (Å²) in [6.07, 6.45) is -5.04. The van der Waals surface area contributed by atoms with Crippen molar-refractivity contribution in [1.82, 2.24) is 15.0 Å². The van der Waals surface area contributed by atoms with Gasteiger partial charge in [0.05, 0.1) is 33.4 Å². The lowest BCUT2D eigenvalue weighted by Gasteiger charge is -2.28. The summed E-state index contributed by atoms with van der Waals surface area (Å²) < 4.78 is 87.6. The standard InChI is InChI=1S/C15H14F3N5O8S/c1-29-9-6-10(30-2)21-13(20-9)23(14(25)22-32(26,27)28)11-7(12(24)31-3)4-5-8(19-11)15(16,17)18/h4-6H,1-3H3,(H,22,25)(H,26,27,28)/p-1. The summed E-state index contributed by atoms with van der Waals surface area (Å²) in [4.78, 5) is 22.8. The third-order valence-electron chi connectivity index (χ3n) is 3.45. The van der Waals surface area contributed by atoms with Crippen molar-refractivity contribution in [1.29, 1.82) is 0 Å². The summed E-state index contributed by atoms with van der Waals surface area (Å²) in [5.41, 5.74) is -2.29. The van der Waals surface area contributed by atoms with Crippen LogP contribution in [0.5, 0.6) is 11.8 Å². The van der Waals surface area contributed by atoms with Gasteiger partial charge in [0.15, 0.2) is 5.82 Å². The Morgan fingerprint density at radius 3 is 2.12 bits per heavy atom. The SMILES string of the molecule is COC(=O)c1ccc(C(F)(F)F)nc1N(C([O-])=NS(=O)(=O)O)c1nc(OC)cc(OC)n1. The van der Waals surface area contributed by atoms with Gasteiger partial charge in [0.2, 0.25) is 17.7 Å². The number of anilines is 2. The number of carbonyl (C=O) groups is 1. The molecular weight excluding hydrogens is 467 g/mol. The molecule has 0 bridgehead atoms. The average Bonchev–Trinajstić information content (AvgIpc) is 2.71. The number of esters is 1. The molecule has 0 atom stereocenters. The van der Waals surface area contributed by atoms with E-state index < -0.39 is 51.5 Å². The summed E-state index contributed by atoms with van der Waals surface area (Å²) in [7, 11) is -2.17. The lowest BCUT2D eigenvalue weighted by molar-refractivity contribution is -0.216. The van der Waals surface area contributed by atoms with E-state index in [1.165, 1.54) is 0 Å². The number of methoxy groups -OCH3 is 3. The van der Waals surface area contributed by atoms with Gasteiger partial charge in [-0.3, -0.25) is 9.45 Å². The van der Waals surface area contributed by atoms with Crippen LogP contribution in [0.2, 0.25) is 0 Å². The minimum Gasteiger partial charge on any atom is -0.845 e. The van der Waals surface area contributed by atoms with Gasteiger partial charge < -0.3 is 19.3 Å². The van der Waals surface area contributed by atoms with Gasteiger partial charge in [0.1, 0.15) is 11.3 Å². The summed E-state index contributed by atoms with van der Waals surface area (Å²) in [5.74, 6) is -3.75. The van der Waals surface area contributed by atoms with Crippen LogP contribution in [0.15, 0.2) is 22.6 Å². The van der Waals surface area contributed by atoms with E-state index in [9.17, 15) is 31.5 Å². The first-order valence-corrected chi connectivity index (χ1v) is 9.38. The Hall–Kier alpha value is -3.73. The Balaban J connectivity index is 2.95. The van der Waals surface area contributed by atoms with Crippen molar-refractivity contribution in [3.8, 4) is 11.8 Å². The minimum atomic E-state index is -5.34. The molecule has 0 saturated carbocycles. The Morgan fingerprint density at radius 2 is 1.69 bits per heavy atom. The van der Waals surface area contributed by atoms with Crippen LogP contribution in [-0.2, 0) is 21.2 Å². The van der Waals surface area contributed by atoms with Gasteiger partial charge in [-0.05, 0) is 12.1 Å². The Kier molecular flexibility index (Phi) is 7.04. The fourth-order valence-electron chi connectivity index (χ4n) is 2.16. The van der Waals surface area contributed by atoms with Gasteiger partial charge in [0.25, 0.3) is 0 Å². The van der Waals surface area contributed by atoms with E-state index in [0.717, 1.165) is 27.4 Å². The number of carbonyl (C=O) groups excluding carboxylic acids is 1. The van der Waals surface area contributed by atoms with E-state index in [4.69, 9.17) is 14.0 Å². The molecule has 2 aromatic heterocycles. The molecular formula is C15H13F3N5O8S-. The molecule has 0 saturated heterocycles. The molecule has 32 heavy (non-hydrogen) atoms. The quantitative estimate of drug-likeness (QED) is 0.260. The number of pyridine rings is 1. The molecule has 174 valence electrons. The van der Waals surface area contributed by atoms with E-state index in [2.05, 4.69) is 24.1 Å². The molecule has 17 heteroatoms. The molecule has 0 amide bonds. The van der Waals surface area contributed by atoms with Gasteiger partial charge in [-0.1, -0.05) is 0 Å². The van der Waals surface area contributed by atoms with E-state index in [1.807, 2.05) is 0 Å². The Labute approximate surface area is 178 Å². The van der Waals surface area contributed by atoms with Crippen molar-refractivity contribution in [2.75, 3.05) is 26.2 Å². The molecule has 0 aliphatic heterocycles. The van der Waals surface area contributed by atoms with Gasteiger partial charge in [-0.15, -0.1) is 4.40 Å². The summed E-state index contributed by atoms with van der Waals surface area (Å²) in [5, 5.41) is 12.6. The topological polar surface area (TPSA) is 176 Å². The van der Waals surface area contributed by atoms with Crippen molar-refractivity contribution in [3.63, 3.8) is 0 Å². The number of rotatable bonds is 6. The van der Waals surface area contributed by atoms with E-state index in [0.29, 0.717) is 12.1 Å². The molecule has 0 aromatic carbocycles. The zero-order chi connectivity index (χ0) is 24.3. The van der Waals surface area contributed by atoms with Crippen molar-refractivity contribution < 1.29 is 50.3 Å². The maximum Gasteiger partial charge on any atom is 0.433 e. The summed E-state index contributed by atoms with van der Waals surface area (Å²) >= 11 is 0. The van der Waals surface area contributed by atoms with Crippen LogP contribution in [0.3, 0.4) is 0 Å². The number of nitrogens with zero attached hydrogens (tertiary/aromatic N) is 5. The molecule has 0 spiro atoms. The van der Waals surface area contributed by atoms with Crippen LogP contribution in [0, 0.1) is 0 Å². The smallest absolute Gasteiger partial charge is 0.433 e. The van der Waals surface area contributed by atoms with Crippen LogP contribution in [0.4, 0.5) is 24.9 Å². The molecule has 13 nitrogen and oxygen atoms in total. The normalized spacial score (nSPS) is 12.3. The number of hydrogen-bond acceptors (Lipinski definition) is 10. The molecule has 0 fully saturated rings. The van der Waals surface area contributed by atoms with Gasteiger partial charge in [-0.25, -0.2) is 9.78 Å². The highest BCUT2D eigenvalue weighted by molar-refractivity contribution is 7.84. The van der Waals surface area contributed by atoms with Crippen LogP contribution in [0.1, 0.15) is 16.1 Å². The zero-order valence-corrected chi connectivity index (χ0v) is 17.1. The van der Waals surface area contributed by atoms with E-state index in [-0.39, 0.29) is 16.7 Å². The first-order valence-electron chi connectivity index (χ1n) is 7.98. The fourth-order valence-corrected chi connectivity index (χ4v) is 2.44.